The van der Waals surface area contributed by atoms with Gasteiger partial charge >= 0.3 is 0 Å². The average molecular weight is 246 g/mol. The van der Waals surface area contributed by atoms with Gasteiger partial charge in [-0.2, -0.15) is 0 Å². The van der Waals surface area contributed by atoms with E-state index in [1.807, 2.05) is 18.2 Å². The summed E-state index contributed by atoms with van der Waals surface area (Å²) in [6.07, 6.45) is 4.38. The van der Waals surface area contributed by atoms with Gasteiger partial charge in [-0.15, -0.1) is 0 Å². The molecule has 2 N–H and O–H groups in total. The van der Waals surface area contributed by atoms with Crippen LogP contribution >= 0.6 is 0 Å². The van der Waals surface area contributed by atoms with Gasteiger partial charge in [0.05, 0.1) is 11.7 Å². The number of hydrogen-bond donors (Lipinski definition) is 2. The van der Waals surface area contributed by atoms with Crippen LogP contribution in [0.1, 0.15) is 37.7 Å². The topological polar surface area (TPSA) is 40.5 Å². The third-order valence-electron chi connectivity index (χ3n) is 3.93. The summed E-state index contributed by atoms with van der Waals surface area (Å²) in [4.78, 5) is 0. The maximum absolute atomic E-state index is 10.1. The Bertz CT molecular complexity index is 393. The first-order chi connectivity index (χ1) is 8.60. The molecule has 0 aliphatic heterocycles. The SMILES string of the molecule is C=C(C[C@H](O)CCc1ccccc1)C1(O)CCC1. The second-order valence-electron chi connectivity index (χ2n) is 5.37. The van der Waals surface area contributed by atoms with Gasteiger partial charge in [-0.1, -0.05) is 36.9 Å². The summed E-state index contributed by atoms with van der Waals surface area (Å²) in [5.74, 6) is 0. The van der Waals surface area contributed by atoms with Crippen LogP contribution in [0.2, 0.25) is 0 Å². The molecule has 2 rings (SSSR count). The molecule has 1 aromatic carbocycles. The molecule has 18 heavy (non-hydrogen) atoms. The molecule has 0 heterocycles. The fourth-order valence-corrected chi connectivity index (χ4v) is 2.42. The predicted octanol–water partition coefficient (Wildman–Crippen LogP) is 2.84. The number of aryl methyl sites for hydroxylation is 1. The van der Waals surface area contributed by atoms with Gasteiger partial charge < -0.3 is 10.2 Å². The van der Waals surface area contributed by atoms with E-state index in [-0.39, 0.29) is 0 Å². The maximum Gasteiger partial charge on any atom is 0.0855 e. The quantitative estimate of drug-likeness (QED) is 0.758. The molecule has 1 aliphatic rings. The van der Waals surface area contributed by atoms with Gasteiger partial charge in [-0.3, -0.25) is 0 Å². The smallest absolute Gasteiger partial charge is 0.0855 e. The molecule has 98 valence electrons. The maximum atomic E-state index is 10.1. The zero-order chi connectivity index (χ0) is 13.0. The van der Waals surface area contributed by atoms with E-state index in [4.69, 9.17) is 0 Å². The summed E-state index contributed by atoms with van der Waals surface area (Å²) in [5.41, 5.74) is 1.35. The Morgan fingerprint density at radius 1 is 1.28 bits per heavy atom. The molecule has 1 aliphatic carbocycles. The number of benzene rings is 1. The molecule has 1 aromatic rings. The van der Waals surface area contributed by atoms with Gasteiger partial charge in [-0.25, -0.2) is 0 Å². The van der Waals surface area contributed by atoms with Crippen LogP contribution in [-0.2, 0) is 6.42 Å². The zero-order valence-corrected chi connectivity index (χ0v) is 10.8. The Morgan fingerprint density at radius 2 is 1.94 bits per heavy atom. The molecule has 0 aromatic heterocycles. The first-order valence-corrected chi connectivity index (χ1v) is 6.73. The predicted molar refractivity (Wildman–Crippen MR) is 73.3 cm³/mol. The molecule has 1 atom stereocenters. The van der Waals surface area contributed by atoms with Gasteiger partial charge in [0, 0.05) is 0 Å². The summed E-state index contributed by atoms with van der Waals surface area (Å²) in [5, 5.41) is 20.1. The van der Waals surface area contributed by atoms with Crippen molar-refractivity contribution in [2.24, 2.45) is 0 Å². The third-order valence-corrected chi connectivity index (χ3v) is 3.93. The largest absolute Gasteiger partial charge is 0.393 e. The van der Waals surface area contributed by atoms with E-state index in [1.165, 1.54) is 5.56 Å². The van der Waals surface area contributed by atoms with Crippen molar-refractivity contribution in [2.75, 3.05) is 0 Å². The van der Waals surface area contributed by atoms with E-state index >= 15 is 0 Å². The normalized spacial score (nSPS) is 19.0. The zero-order valence-electron chi connectivity index (χ0n) is 10.8. The highest BCUT2D eigenvalue weighted by atomic mass is 16.3. The van der Waals surface area contributed by atoms with Crippen LogP contribution < -0.4 is 0 Å². The lowest BCUT2D eigenvalue weighted by Gasteiger charge is -2.39. The Kier molecular flexibility index (Phi) is 4.20. The standard InChI is InChI=1S/C16H22O2/c1-13(16(18)10-5-11-16)12-15(17)9-8-14-6-3-2-4-7-14/h2-4,6-7,15,17-18H,1,5,8-12H2/t15-/m1/s1. The highest BCUT2D eigenvalue weighted by Crippen LogP contribution is 2.39. The van der Waals surface area contributed by atoms with E-state index in [9.17, 15) is 10.2 Å². The van der Waals surface area contributed by atoms with E-state index in [0.29, 0.717) is 6.42 Å². The van der Waals surface area contributed by atoms with Gasteiger partial charge in [0.15, 0.2) is 0 Å². The van der Waals surface area contributed by atoms with Gasteiger partial charge in [0.1, 0.15) is 0 Å². The Hall–Kier alpha value is -1.12. The summed E-state index contributed by atoms with van der Waals surface area (Å²) < 4.78 is 0. The van der Waals surface area contributed by atoms with Crippen LogP contribution in [0.4, 0.5) is 0 Å². The summed E-state index contributed by atoms with van der Waals surface area (Å²) in [6, 6.07) is 10.2. The molecule has 0 unspecified atom stereocenters. The van der Waals surface area contributed by atoms with E-state index in [2.05, 4.69) is 18.7 Å². The second kappa shape index (κ2) is 5.68. The molecule has 2 nitrogen and oxygen atoms in total. The van der Waals surface area contributed by atoms with Crippen molar-refractivity contribution in [3.8, 4) is 0 Å². The van der Waals surface area contributed by atoms with Crippen LogP contribution in [0.25, 0.3) is 0 Å². The van der Waals surface area contributed by atoms with Crippen molar-refractivity contribution >= 4 is 0 Å². The molecule has 0 bridgehead atoms. The molecule has 0 spiro atoms. The highest BCUT2D eigenvalue weighted by molar-refractivity contribution is 5.18. The Labute approximate surface area is 109 Å². The van der Waals surface area contributed by atoms with E-state index in [1.54, 1.807) is 0 Å². The van der Waals surface area contributed by atoms with Crippen molar-refractivity contribution in [1.82, 2.24) is 0 Å². The van der Waals surface area contributed by atoms with E-state index < -0.39 is 11.7 Å². The second-order valence-corrected chi connectivity index (χ2v) is 5.37. The van der Waals surface area contributed by atoms with Crippen LogP contribution in [0.3, 0.4) is 0 Å². The summed E-state index contributed by atoms with van der Waals surface area (Å²) in [7, 11) is 0. The average Bonchev–Trinajstić information content (AvgIpc) is 2.34. The van der Waals surface area contributed by atoms with Crippen molar-refractivity contribution < 1.29 is 10.2 Å². The fraction of sp³-hybridized carbons (Fsp3) is 0.500. The van der Waals surface area contributed by atoms with Crippen molar-refractivity contribution in [3.05, 3.63) is 48.0 Å². The van der Waals surface area contributed by atoms with Crippen molar-refractivity contribution in [2.45, 2.75) is 50.2 Å². The first-order valence-electron chi connectivity index (χ1n) is 6.73. The molecule has 1 fully saturated rings. The van der Waals surface area contributed by atoms with Crippen LogP contribution in [-0.4, -0.2) is 21.9 Å². The molecule has 0 amide bonds. The molecule has 0 saturated heterocycles. The molecular weight excluding hydrogens is 224 g/mol. The lowest BCUT2D eigenvalue weighted by atomic mass is 9.73. The van der Waals surface area contributed by atoms with Crippen LogP contribution in [0.5, 0.6) is 0 Å². The fourth-order valence-electron chi connectivity index (χ4n) is 2.42. The first kappa shape index (κ1) is 13.3. The Morgan fingerprint density at radius 3 is 2.50 bits per heavy atom. The number of aliphatic hydroxyl groups is 2. The molecule has 2 heteroatoms. The lowest BCUT2D eigenvalue weighted by molar-refractivity contribution is -0.00555. The number of rotatable bonds is 6. The van der Waals surface area contributed by atoms with Gasteiger partial charge in [0.2, 0.25) is 0 Å². The minimum atomic E-state index is -0.687. The number of aliphatic hydroxyl groups excluding tert-OH is 1. The number of hydrogen-bond acceptors (Lipinski definition) is 2. The highest BCUT2D eigenvalue weighted by Gasteiger charge is 2.37. The van der Waals surface area contributed by atoms with Crippen LogP contribution in [0.15, 0.2) is 42.5 Å². The Balaban J connectivity index is 1.75. The monoisotopic (exact) mass is 246 g/mol. The van der Waals surface area contributed by atoms with Gasteiger partial charge in [-0.05, 0) is 49.7 Å². The molecule has 0 radical (unpaired) electrons. The van der Waals surface area contributed by atoms with Crippen molar-refractivity contribution in [1.29, 1.82) is 0 Å². The molecular formula is C16H22O2. The summed E-state index contributed by atoms with van der Waals surface area (Å²) in [6.45, 7) is 3.93. The van der Waals surface area contributed by atoms with E-state index in [0.717, 1.165) is 37.7 Å². The summed E-state index contributed by atoms with van der Waals surface area (Å²) >= 11 is 0. The van der Waals surface area contributed by atoms with Gasteiger partial charge in [0.25, 0.3) is 0 Å². The van der Waals surface area contributed by atoms with Crippen molar-refractivity contribution in [3.63, 3.8) is 0 Å². The minimum absolute atomic E-state index is 0.401. The lowest BCUT2D eigenvalue weighted by Crippen LogP contribution is -2.39. The minimum Gasteiger partial charge on any atom is -0.393 e. The van der Waals surface area contributed by atoms with Crippen LogP contribution in [0, 0.1) is 0 Å². The third kappa shape index (κ3) is 3.21. The molecule has 1 saturated carbocycles.